The molecule has 2 amide bonds. The zero-order valence-corrected chi connectivity index (χ0v) is 15.7. The molecular formula is C18H23N3O3S. The number of hydrogen-bond donors (Lipinski definition) is 2. The monoisotopic (exact) mass is 361 g/mol. The van der Waals surface area contributed by atoms with Gasteiger partial charge in [0.15, 0.2) is 5.13 Å². The van der Waals surface area contributed by atoms with E-state index in [0.717, 1.165) is 16.8 Å². The van der Waals surface area contributed by atoms with Crippen molar-refractivity contribution in [3.05, 3.63) is 40.4 Å². The van der Waals surface area contributed by atoms with Gasteiger partial charge in [0.25, 0.3) is 0 Å². The van der Waals surface area contributed by atoms with Gasteiger partial charge < -0.3 is 10.1 Å². The highest BCUT2D eigenvalue weighted by molar-refractivity contribution is 7.13. The van der Waals surface area contributed by atoms with Gasteiger partial charge in [-0.15, -0.1) is 11.3 Å². The lowest BCUT2D eigenvalue weighted by Gasteiger charge is -2.08. The van der Waals surface area contributed by atoms with Gasteiger partial charge in [-0.3, -0.25) is 10.1 Å². The number of anilines is 2. The molecule has 25 heavy (non-hydrogen) atoms. The Morgan fingerprint density at radius 1 is 1.24 bits per heavy atom. The van der Waals surface area contributed by atoms with Gasteiger partial charge in [0.05, 0.1) is 18.7 Å². The predicted octanol–water partition coefficient (Wildman–Crippen LogP) is 4.15. The molecule has 0 aliphatic carbocycles. The molecule has 6 nitrogen and oxygen atoms in total. The number of amides is 2. The van der Waals surface area contributed by atoms with Crippen molar-refractivity contribution in [3.63, 3.8) is 0 Å². The Kier molecular flexibility index (Phi) is 6.52. The zero-order valence-electron chi connectivity index (χ0n) is 14.9. The highest BCUT2D eigenvalue weighted by Gasteiger charge is 2.12. The smallest absolute Gasteiger partial charge is 0.413 e. The number of ether oxygens (including phenoxy) is 1. The normalized spacial score (nSPS) is 10.6. The van der Waals surface area contributed by atoms with Crippen molar-refractivity contribution in [1.82, 2.24) is 4.98 Å². The number of aromatic nitrogens is 1. The van der Waals surface area contributed by atoms with Crippen LogP contribution in [-0.4, -0.2) is 23.6 Å². The fourth-order valence-electron chi connectivity index (χ4n) is 2.12. The standard InChI is InChI=1S/C18H23N3O3S/c1-11(2)9-24-18(23)21-17-19-14(10-25-17)8-16(22)20-15-6-5-12(3)7-13(15)4/h5-7,10-11H,8-9H2,1-4H3,(H,20,22)(H,19,21,23). The SMILES string of the molecule is Cc1ccc(NC(=O)Cc2csc(NC(=O)OCC(C)C)n2)c(C)c1. The summed E-state index contributed by atoms with van der Waals surface area (Å²) in [4.78, 5) is 28.0. The average Bonchev–Trinajstić information content (AvgIpc) is 2.95. The van der Waals surface area contributed by atoms with E-state index in [2.05, 4.69) is 15.6 Å². The van der Waals surface area contributed by atoms with Crippen LogP contribution >= 0.6 is 11.3 Å². The molecule has 0 saturated carbocycles. The van der Waals surface area contributed by atoms with Crippen LogP contribution in [0.2, 0.25) is 0 Å². The number of aryl methyl sites for hydroxylation is 2. The molecule has 0 saturated heterocycles. The van der Waals surface area contributed by atoms with E-state index in [1.165, 1.54) is 11.3 Å². The number of carbonyl (C=O) groups is 2. The van der Waals surface area contributed by atoms with E-state index in [1.54, 1.807) is 5.38 Å². The van der Waals surface area contributed by atoms with Crippen LogP contribution in [-0.2, 0) is 16.0 Å². The van der Waals surface area contributed by atoms with Gasteiger partial charge in [-0.05, 0) is 31.4 Å². The second-order valence-corrected chi connectivity index (χ2v) is 7.16. The van der Waals surface area contributed by atoms with Crippen LogP contribution in [0.4, 0.5) is 15.6 Å². The number of hydrogen-bond acceptors (Lipinski definition) is 5. The van der Waals surface area contributed by atoms with E-state index >= 15 is 0 Å². The van der Waals surface area contributed by atoms with Crippen molar-refractivity contribution in [2.75, 3.05) is 17.2 Å². The molecule has 0 radical (unpaired) electrons. The minimum absolute atomic E-state index is 0.145. The Bertz CT molecular complexity index is 756. The number of thiazole rings is 1. The average molecular weight is 361 g/mol. The van der Waals surface area contributed by atoms with Crippen LogP contribution in [0, 0.1) is 19.8 Å². The fraction of sp³-hybridized carbons (Fsp3) is 0.389. The van der Waals surface area contributed by atoms with Crippen molar-refractivity contribution in [3.8, 4) is 0 Å². The fourth-order valence-corrected chi connectivity index (χ4v) is 2.82. The molecule has 134 valence electrons. The molecule has 2 N–H and O–H groups in total. The van der Waals surface area contributed by atoms with Crippen molar-refractivity contribution in [1.29, 1.82) is 0 Å². The minimum Gasteiger partial charge on any atom is -0.449 e. The first kappa shape index (κ1) is 18.9. The highest BCUT2D eigenvalue weighted by Crippen LogP contribution is 2.18. The topological polar surface area (TPSA) is 80.3 Å². The summed E-state index contributed by atoms with van der Waals surface area (Å²) in [5.74, 6) is 0.123. The molecule has 2 aromatic rings. The Morgan fingerprint density at radius 2 is 2.00 bits per heavy atom. The Balaban J connectivity index is 1.87. The molecule has 1 aromatic carbocycles. The van der Waals surface area contributed by atoms with Crippen LogP contribution in [0.25, 0.3) is 0 Å². The molecule has 0 atom stereocenters. The summed E-state index contributed by atoms with van der Waals surface area (Å²) in [6.07, 6.45) is -0.388. The molecule has 1 aromatic heterocycles. The summed E-state index contributed by atoms with van der Waals surface area (Å²) in [6.45, 7) is 8.24. The van der Waals surface area contributed by atoms with E-state index in [-0.39, 0.29) is 18.2 Å². The van der Waals surface area contributed by atoms with Gasteiger partial charge in [0.1, 0.15) is 0 Å². The first-order chi connectivity index (χ1) is 11.8. The Labute approximate surface area is 151 Å². The third-order valence-corrected chi connectivity index (χ3v) is 4.11. The number of nitrogens with zero attached hydrogens (tertiary/aromatic N) is 1. The first-order valence-corrected chi connectivity index (χ1v) is 8.96. The minimum atomic E-state index is -0.533. The lowest BCUT2D eigenvalue weighted by atomic mass is 10.1. The molecule has 0 unspecified atom stereocenters. The molecule has 1 heterocycles. The molecule has 0 spiro atoms. The maximum atomic E-state index is 12.2. The summed E-state index contributed by atoms with van der Waals surface area (Å²) in [5.41, 5.74) is 3.56. The van der Waals surface area contributed by atoms with E-state index in [0.29, 0.717) is 17.4 Å². The highest BCUT2D eigenvalue weighted by atomic mass is 32.1. The first-order valence-electron chi connectivity index (χ1n) is 8.08. The van der Waals surface area contributed by atoms with Crippen molar-refractivity contribution in [2.45, 2.75) is 34.1 Å². The van der Waals surface area contributed by atoms with Crippen LogP contribution in [0.3, 0.4) is 0 Å². The van der Waals surface area contributed by atoms with E-state index in [1.807, 2.05) is 45.9 Å². The van der Waals surface area contributed by atoms with Gasteiger partial charge >= 0.3 is 6.09 Å². The largest absolute Gasteiger partial charge is 0.449 e. The van der Waals surface area contributed by atoms with Crippen LogP contribution in [0.5, 0.6) is 0 Å². The summed E-state index contributed by atoms with van der Waals surface area (Å²) in [5, 5.41) is 7.62. The number of carbonyl (C=O) groups excluding carboxylic acids is 2. The van der Waals surface area contributed by atoms with Crippen LogP contribution < -0.4 is 10.6 Å². The van der Waals surface area contributed by atoms with Crippen molar-refractivity contribution in [2.24, 2.45) is 5.92 Å². The molecule has 0 fully saturated rings. The number of benzene rings is 1. The van der Waals surface area contributed by atoms with Gasteiger partial charge in [-0.25, -0.2) is 9.78 Å². The van der Waals surface area contributed by atoms with Gasteiger partial charge in [0.2, 0.25) is 5.91 Å². The molecule has 0 aliphatic rings. The lowest BCUT2D eigenvalue weighted by molar-refractivity contribution is -0.115. The predicted molar refractivity (Wildman–Crippen MR) is 100 cm³/mol. The molecule has 0 bridgehead atoms. The molecule has 7 heteroatoms. The lowest BCUT2D eigenvalue weighted by Crippen LogP contribution is -2.17. The maximum Gasteiger partial charge on any atom is 0.413 e. The number of rotatable bonds is 6. The van der Waals surface area contributed by atoms with Crippen molar-refractivity contribution >= 4 is 34.2 Å². The Morgan fingerprint density at radius 3 is 2.68 bits per heavy atom. The summed E-state index contributed by atoms with van der Waals surface area (Å²) in [7, 11) is 0. The van der Waals surface area contributed by atoms with E-state index in [4.69, 9.17) is 4.74 Å². The van der Waals surface area contributed by atoms with Crippen LogP contribution in [0.1, 0.15) is 30.7 Å². The molecule has 0 aliphatic heterocycles. The second kappa shape index (κ2) is 8.62. The van der Waals surface area contributed by atoms with Gasteiger partial charge in [0, 0.05) is 11.1 Å². The zero-order chi connectivity index (χ0) is 18.4. The summed E-state index contributed by atoms with van der Waals surface area (Å²) in [6, 6.07) is 5.86. The maximum absolute atomic E-state index is 12.2. The number of nitrogens with one attached hydrogen (secondary N) is 2. The molecule has 2 rings (SSSR count). The third-order valence-electron chi connectivity index (χ3n) is 3.31. The summed E-state index contributed by atoms with van der Waals surface area (Å²) >= 11 is 1.26. The van der Waals surface area contributed by atoms with E-state index < -0.39 is 6.09 Å². The van der Waals surface area contributed by atoms with Gasteiger partial charge in [-0.2, -0.15) is 0 Å². The van der Waals surface area contributed by atoms with E-state index in [9.17, 15) is 9.59 Å². The van der Waals surface area contributed by atoms with Crippen molar-refractivity contribution < 1.29 is 14.3 Å². The quantitative estimate of drug-likeness (QED) is 0.810. The third kappa shape index (κ3) is 6.19. The Hall–Kier alpha value is -2.41. The summed E-state index contributed by atoms with van der Waals surface area (Å²) < 4.78 is 5.04. The van der Waals surface area contributed by atoms with Gasteiger partial charge in [-0.1, -0.05) is 31.5 Å². The second-order valence-electron chi connectivity index (χ2n) is 6.30. The molecular weight excluding hydrogens is 338 g/mol. The van der Waals surface area contributed by atoms with Crippen LogP contribution in [0.15, 0.2) is 23.6 Å².